The summed E-state index contributed by atoms with van der Waals surface area (Å²) in [5.41, 5.74) is 3.42. The lowest BCUT2D eigenvalue weighted by atomic mass is 10.0. The smallest absolute Gasteiger partial charge is 0.243 e. The van der Waals surface area contributed by atoms with Crippen molar-refractivity contribution in [3.63, 3.8) is 0 Å². The lowest BCUT2D eigenvalue weighted by Crippen LogP contribution is -2.42. The van der Waals surface area contributed by atoms with Crippen molar-refractivity contribution in [2.75, 3.05) is 25.6 Å². The third-order valence-corrected chi connectivity index (χ3v) is 6.29. The zero-order chi connectivity index (χ0) is 26.9. The third kappa shape index (κ3) is 7.79. The van der Waals surface area contributed by atoms with Gasteiger partial charge in [-0.1, -0.05) is 19.1 Å². The number of ether oxygens (including phenoxy) is 2. The van der Waals surface area contributed by atoms with E-state index in [0.717, 1.165) is 28.9 Å². The fourth-order valence-corrected chi connectivity index (χ4v) is 4.31. The van der Waals surface area contributed by atoms with Gasteiger partial charge in [0.05, 0.1) is 32.5 Å². The molecule has 0 radical (unpaired) electrons. The van der Waals surface area contributed by atoms with Crippen LogP contribution in [0.4, 0.5) is 5.69 Å². The lowest BCUT2D eigenvalue weighted by Gasteiger charge is -2.29. The van der Waals surface area contributed by atoms with Gasteiger partial charge >= 0.3 is 0 Å². The van der Waals surface area contributed by atoms with Crippen molar-refractivity contribution in [2.45, 2.75) is 72.5 Å². The standard InChI is InChI=1S/C29H40N4O4/c1-7-16-37-27-17-23(10-14-26(27)36-6)25-13-15-29(35)33(31-25)18-22-8-11-24(12-9-22)30-28(34)19-32(20(2)3)21(4)5/h8-12,14,17,20-21H,7,13,15-16,18-19H2,1-6H3,(H,30,34). The highest BCUT2D eigenvalue weighted by Crippen LogP contribution is 2.30. The van der Waals surface area contributed by atoms with Gasteiger partial charge in [-0.3, -0.25) is 14.5 Å². The summed E-state index contributed by atoms with van der Waals surface area (Å²) < 4.78 is 11.3. The molecule has 2 amide bonds. The second-order valence-electron chi connectivity index (χ2n) is 9.82. The van der Waals surface area contributed by atoms with E-state index in [1.165, 1.54) is 5.01 Å². The Hall–Kier alpha value is -3.39. The zero-order valence-corrected chi connectivity index (χ0v) is 22.9. The van der Waals surface area contributed by atoms with E-state index in [1.54, 1.807) is 7.11 Å². The summed E-state index contributed by atoms with van der Waals surface area (Å²) >= 11 is 0. The van der Waals surface area contributed by atoms with Crippen LogP contribution in [0.1, 0.15) is 65.0 Å². The first kappa shape index (κ1) is 28.2. The van der Waals surface area contributed by atoms with Crippen molar-refractivity contribution < 1.29 is 19.1 Å². The Kier molecular flexibility index (Phi) is 10.1. The van der Waals surface area contributed by atoms with E-state index in [-0.39, 0.29) is 23.9 Å². The Bertz CT molecular complexity index is 1090. The molecule has 0 spiro atoms. The highest BCUT2D eigenvalue weighted by molar-refractivity contribution is 6.04. The van der Waals surface area contributed by atoms with Gasteiger partial charge in [-0.25, -0.2) is 5.01 Å². The van der Waals surface area contributed by atoms with Gasteiger partial charge < -0.3 is 14.8 Å². The predicted octanol–water partition coefficient (Wildman–Crippen LogP) is 5.07. The minimum absolute atomic E-state index is 0.0143. The van der Waals surface area contributed by atoms with E-state index in [2.05, 4.69) is 49.9 Å². The molecule has 8 nitrogen and oxygen atoms in total. The average Bonchev–Trinajstić information content (AvgIpc) is 2.88. The van der Waals surface area contributed by atoms with Crippen molar-refractivity contribution in [1.82, 2.24) is 9.91 Å². The molecular formula is C29H40N4O4. The van der Waals surface area contributed by atoms with Gasteiger partial charge in [0.2, 0.25) is 11.8 Å². The fourth-order valence-electron chi connectivity index (χ4n) is 4.31. The molecule has 0 aromatic heterocycles. The molecule has 0 bridgehead atoms. The number of anilines is 1. The molecule has 0 saturated heterocycles. The van der Waals surface area contributed by atoms with Gasteiger partial charge in [-0.05, 0) is 70.0 Å². The average molecular weight is 509 g/mol. The summed E-state index contributed by atoms with van der Waals surface area (Å²) in [6, 6.07) is 13.9. The molecule has 200 valence electrons. The van der Waals surface area contributed by atoms with Crippen molar-refractivity contribution in [3.8, 4) is 11.5 Å². The number of hydrogen-bond acceptors (Lipinski definition) is 6. The number of carbonyl (C=O) groups is 2. The van der Waals surface area contributed by atoms with E-state index < -0.39 is 0 Å². The largest absolute Gasteiger partial charge is 0.493 e. The maximum Gasteiger partial charge on any atom is 0.243 e. The molecule has 0 saturated carbocycles. The molecule has 2 aromatic carbocycles. The quantitative estimate of drug-likeness (QED) is 0.433. The number of rotatable bonds is 12. The lowest BCUT2D eigenvalue weighted by molar-refractivity contribution is -0.132. The van der Waals surface area contributed by atoms with Crippen LogP contribution in [-0.4, -0.2) is 59.8 Å². The first-order valence-electron chi connectivity index (χ1n) is 13.0. The van der Waals surface area contributed by atoms with Gasteiger partial charge in [-0.15, -0.1) is 0 Å². The number of nitrogens with zero attached hydrogens (tertiary/aromatic N) is 3. The Morgan fingerprint density at radius 2 is 1.76 bits per heavy atom. The summed E-state index contributed by atoms with van der Waals surface area (Å²) in [6.07, 6.45) is 1.86. The number of nitrogens with one attached hydrogen (secondary N) is 1. The number of hydrogen-bond donors (Lipinski definition) is 1. The van der Waals surface area contributed by atoms with Crippen molar-refractivity contribution in [3.05, 3.63) is 53.6 Å². The molecule has 0 atom stereocenters. The second-order valence-corrected chi connectivity index (χ2v) is 9.82. The second kappa shape index (κ2) is 13.2. The van der Waals surface area contributed by atoms with Crippen molar-refractivity contribution in [1.29, 1.82) is 0 Å². The maximum atomic E-state index is 12.6. The monoisotopic (exact) mass is 508 g/mol. The number of hydrazone groups is 1. The van der Waals surface area contributed by atoms with Gasteiger partial charge in [0.1, 0.15) is 0 Å². The molecule has 0 aliphatic carbocycles. The SMILES string of the molecule is CCCOc1cc(C2=NN(Cc3ccc(NC(=O)CN(C(C)C)C(C)C)cc3)C(=O)CC2)ccc1OC. The first-order chi connectivity index (χ1) is 17.7. The van der Waals surface area contributed by atoms with Crippen LogP contribution < -0.4 is 14.8 Å². The van der Waals surface area contributed by atoms with E-state index in [9.17, 15) is 9.59 Å². The zero-order valence-electron chi connectivity index (χ0n) is 22.9. The van der Waals surface area contributed by atoms with E-state index in [4.69, 9.17) is 9.47 Å². The Labute approximate surface area is 220 Å². The Balaban J connectivity index is 1.68. The number of methoxy groups -OCH3 is 1. The molecule has 3 rings (SSSR count). The van der Waals surface area contributed by atoms with Gasteiger partial charge in [0, 0.05) is 36.2 Å². The molecule has 1 aliphatic rings. The van der Waals surface area contributed by atoms with Crippen molar-refractivity contribution >= 4 is 23.2 Å². The topological polar surface area (TPSA) is 83.5 Å². The molecule has 1 N–H and O–H groups in total. The highest BCUT2D eigenvalue weighted by atomic mass is 16.5. The van der Waals surface area contributed by atoms with Crippen LogP contribution >= 0.6 is 0 Å². The number of benzene rings is 2. The Morgan fingerprint density at radius 1 is 1.05 bits per heavy atom. The summed E-state index contributed by atoms with van der Waals surface area (Å²) in [6.45, 7) is 11.7. The molecule has 37 heavy (non-hydrogen) atoms. The summed E-state index contributed by atoms with van der Waals surface area (Å²) in [5, 5.41) is 9.16. The van der Waals surface area contributed by atoms with E-state index >= 15 is 0 Å². The molecule has 1 heterocycles. The van der Waals surface area contributed by atoms with Crippen LogP contribution in [-0.2, 0) is 16.1 Å². The summed E-state index contributed by atoms with van der Waals surface area (Å²) in [4.78, 5) is 27.3. The third-order valence-electron chi connectivity index (χ3n) is 6.29. The fraction of sp³-hybridized carbons (Fsp3) is 0.483. The van der Waals surface area contributed by atoms with Crippen LogP contribution in [0.15, 0.2) is 47.6 Å². The maximum absolute atomic E-state index is 12.6. The van der Waals surface area contributed by atoms with Gasteiger partial charge in [0.15, 0.2) is 11.5 Å². The number of amides is 2. The molecule has 8 heteroatoms. The molecule has 1 aliphatic heterocycles. The van der Waals surface area contributed by atoms with Gasteiger partial charge in [0.25, 0.3) is 0 Å². The predicted molar refractivity (Wildman–Crippen MR) is 147 cm³/mol. The minimum Gasteiger partial charge on any atom is -0.493 e. The van der Waals surface area contributed by atoms with E-state index in [1.807, 2.05) is 42.5 Å². The normalized spacial score (nSPS) is 13.8. The van der Waals surface area contributed by atoms with Crippen LogP contribution in [0.5, 0.6) is 11.5 Å². The van der Waals surface area contributed by atoms with Crippen LogP contribution in [0.25, 0.3) is 0 Å². The van der Waals surface area contributed by atoms with Gasteiger partial charge in [-0.2, -0.15) is 5.10 Å². The van der Waals surface area contributed by atoms with Crippen molar-refractivity contribution in [2.24, 2.45) is 5.10 Å². The first-order valence-corrected chi connectivity index (χ1v) is 13.0. The molecule has 2 aromatic rings. The van der Waals surface area contributed by atoms with Crippen LogP contribution in [0, 0.1) is 0 Å². The van der Waals surface area contributed by atoms with E-state index in [0.29, 0.717) is 44.0 Å². The van der Waals surface area contributed by atoms with Crippen LogP contribution in [0.3, 0.4) is 0 Å². The Morgan fingerprint density at radius 3 is 2.38 bits per heavy atom. The number of carbonyl (C=O) groups excluding carboxylic acids is 2. The highest BCUT2D eigenvalue weighted by Gasteiger charge is 2.23. The molecular weight excluding hydrogens is 468 g/mol. The van der Waals surface area contributed by atoms with Crippen LogP contribution in [0.2, 0.25) is 0 Å². The molecule has 0 unspecified atom stereocenters. The molecule has 0 fully saturated rings. The summed E-state index contributed by atoms with van der Waals surface area (Å²) in [5.74, 6) is 1.29. The minimum atomic E-state index is -0.0441. The summed E-state index contributed by atoms with van der Waals surface area (Å²) in [7, 11) is 1.62.